The summed E-state index contributed by atoms with van der Waals surface area (Å²) < 4.78 is 5.49. The third-order valence-electron chi connectivity index (χ3n) is 4.78. The van der Waals surface area contributed by atoms with Gasteiger partial charge < -0.3 is 20.7 Å². The Morgan fingerprint density at radius 2 is 1.71 bits per heavy atom. The molecular formula is C21H29ClN4O2. The number of nitrogens with two attached hydrogens (primary N) is 1. The van der Waals surface area contributed by atoms with Crippen molar-refractivity contribution < 1.29 is 9.53 Å². The summed E-state index contributed by atoms with van der Waals surface area (Å²) >= 11 is 0. The molecule has 0 aliphatic carbocycles. The van der Waals surface area contributed by atoms with Crippen molar-refractivity contribution >= 4 is 24.0 Å². The van der Waals surface area contributed by atoms with E-state index in [-0.39, 0.29) is 24.4 Å². The lowest BCUT2D eigenvalue weighted by molar-refractivity contribution is -0.122. The number of benzene rings is 2. The molecule has 2 aromatic carbocycles. The molecule has 1 unspecified atom stereocenters. The van der Waals surface area contributed by atoms with Crippen molar-refractivity contribution in [2.24, 2.45) is 5.73 Å². The van der Waals surface area contributed by atoms with Gasteiger partial charge in [0.25, 0.3) is 0 Å². The van der Waals surface area contributed by atoms with Gasteiger partial charge in [-0.25, -0.2) is 0 Å². The van der Waals surface area contributed by atoms with E-state index in [2.05, 4.69) is 22.2 Å². The number of piperazine rings is 1. The first-order chi connectivity index (χ1) is 13.2. The minimum atomic E-state index is -0.298. The quantitative estimate of drug-likeness (QED) is 0.741. The van der Waals surface area contributed by atoms with Crippen LogP contribution in [0, 0.1) is 0 Å². The van der Waals surface area contributed by atoms with Crippen LogP contribution in [0.4, 0.5) is 5.69 Å². The summed E-state index contributed by atoms with van der Waals surface area (Å²) in [7, 11) is 2.11. The van der Waals surface area contributed by atoms with Gasteiger partial charge in [-0.15, -0.1) is 12.4 Å². The minimum absolute atomic E-state index is 0. The zero-order chi connectivity index (χ0) is 19.1. The fraction of sp³-hybridized carbons (Fsp3) is 0.381. The molecular weight excluding hydrogens is 376 g/mol. The first-order valence-corrected chi connectivity index (χ1v) is 9.38. The summed E-state index contributed by atoms with van der Waals surface area (Å²) in [4.78, 5) is 17.7. The summed E-state index contributed by atoms with van der Waals surface area (Å²) in [5.41, 5.74) is 7.23. The maximum absolute atomic E-state index is 13.1. The number of anilines is 1. The van der Waals surface area contributed by atoms with Crippen molar-refractivity contribution in [3.8, 4) is 5.75 Å². The molecule has 3 N–H and O–H groups in total. The molecule has 2 aromatic rings. The van der Waals surface area contributed by atoms with Gasteiger partial charge in [-0.05, 0) is 36.9 Å². The Labute approximate surface area is 173 Å². The third-order valence-corrected chi connectivity index (χ3v) is 4.78. The van der Waals surface area contributed by atoms with E-state index in [1.807, 2.05) is 54.6 Å². The van der Waals surface area contributed by atoms with Crippen LogP contribution in [0.25, 0.3) is 0 Å². The Hall–Kier alpha value is -2.12. The van der Waals surface area contributed by atoms with Crippen molar-refractivity contribution in [1.29, 1.82) is 0 Å². The molecule has 0 radical (unpaired) electrons. The van der Waals surface area contributed by atoms with Gasteiger partial charge in [0.15, 0.2) is 0 Å². The highest BCUT2D eigenvalue weighted by atomic mass is 35.5. The van der Waals surface area contributed by atoms with Crippen molar-refractivity contribution in [3.05, 3.63) is 60.2 Å². The van der Waals surface area contributed by atoms with Crippen molar-refractivity contribution in [3.63, 3.8) is 0 Å². The SMILES string of the molecule is CN1CCN(C(C(=O)Nc2ccc(OCCN)cc2)c2ccccc2)CC1.Cl. The zero-order valence-electron chi connectivity index (χ0n) is 16.2. The number of halogens is 1. The van der Waals surface area contributed by atoms with Crippen LogP contribution in [-0.2, 0) is 4.79 Å². The van der Waals surface area contributed by atoms with Crippen molar-refractivity contribution in [2.75, 3.05) is 51.7 Å². The van der Waals surface area contributed by atoms with Gasteiger partial charge in [-0.3, -0.25) is 9.69 Å². The predicted molar refractivity (Wildman–Crippen MR) is 115 cm³/mol. The average molecular weight is 405 g/mol. The molecule has 0 saturated carbocycles. The lowest BCUT2D eigenvalue weighted by atomic mass is 10.0. The second kappa shape index (κ2) is 11.0. The second-order valence-corrected chi connectivity index (χ2v) is 6.80. The van der Waals surface area contributed by atoms with E-state index in [9.17, 15) is 4.79 Å². The van der Waals surface area contributed by atoms with Crippen LogP contribution in [0.1, 0.15) is 11.6 Å². The lowest BCUT2D eigenvalue weighted by Crippen LogP contribution is -2.48. The molecule has 1 amide bonds. The maximum atomic E-state index is 13.1. The fourth-order valence-corrected chi connectivity index (χ4v) is 3.27. The molecule has 152 valence electrons. The first-order valence-electron chi connectivity index (χ1n) is 9.38. The summed E-state index contributed by atoms with van der Waals surface area (Å²) in [6.45, 7) is 4.62. The van der Waals surface area contributed by atoms with Crippen LogP contribution in [0.5, 0.6) is 5.75 Å². The zero-order valence-corrected chi connectivity index (χ0v) is 17.0. The van der Waals surface area contributed by atoms with Crippen LogP contribution in [0.15, 0.2) is 54.6 Å². The van der Waals surface area contributed by atoms with Crippen LogP contribution in [0.2, 0.25) is 0 Å². The molecule has 28 heavy (non-hydrogen) atoms. The molecule has 1 saturated heterocycles. The first kappa shape index (κ1) is 22.2. The normalized spacial score (nSPS) is 16.1. The van der Waals surface area contributed by atoms with Gasteiger partial charge in [0.1, 0.15) is 18.4 Å². The second-order valence-electron chi connectivity index (χ2n) is 6.80. The molecule has 1 fully saturated rings. The number of amides is 1. The molecule has 1 heterocycles. The number of ether oxygens (including phenoxy) is 1. The summed E-state index contributed by atoms with van der Waals surface area (Å²) in [6.07, 6.45) is 0. The molecule has 0 aromatic heterocycles. The number of rotatable bonds is 7. The number of nitrogens with zero attached hydrogens (tertiary/aromatic N) is 2. The summed E-state index contributed by atoms with van der Waals surface area (Å²) in [5, 5.41) is 3.06. The predicted octanol–water partition coefficient (Wildman–Crippen LogP) is 2.37. The van der Waals surface area contributed by atoms with Crippen molar-refractivity contribution in [2.45, 2.75) is 6.04 Å². The van der Waals surface area contributed by atoms with Gasteiger partial charge in [0, 0.05) is 38.4 Å². The number of hydrogen-bond acceptors (Lipinski definition) is 5. The fourth-order valence-electron chi connectivity index (χ4n) is 3.27. The highest BCUT2D eigenvalue weighted by Gasteiger charge is 2.29. The number of likely N-dealkylation sites (N-methyl/N-ethyl adjacent to an activating group) is 1. The van der Waals surface area contributed by atoms with Gasteiger partial charge in [-0.1, -0.05) is 30.3 Å². The molecule has 6 nitrogen and oxygen atoms in total. The third kappa shape index (κ3) is 5.94. The van der Waals surface area contributed by atoms with Crippen LogP contribution < -0.4 is 15.8 Å². The molecule has 3 rings (SSSR count). The van der Waals surface area contributed by atoms with E-state index < -0.39 is 0 Å². The summed E-state index contributed by atoms with van der Waals surface area (Å²) in [6, 6.07) is 17.1. The van der Waals surface area contributed by atoms with E-state index in [1.54, 1.807) is 0 Å². The van der Waals surface area contributed by atoms with Crippen molar-refractivity contribution in [1.82, 2.24) is 9.80 Å². The Morgan fingerprint density at radius 1 is 1.07 bits per heavy atom. The van der Waals surface area contributed by atoms with E-state index in [4.69, 9.17) is 10.5 Å². The molecule has 0 spiro atoms. The van der Waals surface area contributed by atoms with Gasteiger partial charge in [0.2, 0.25) is 5.91 Å². The number of hydrogen-bond donors (Lipinski definition) is 2. The highest BCUT2D eigenvalue weighted by Crippen LogP contribution is 2.25. The Bertz CT molecular complexity index is 719. The average Bonchev–Trinajstić information content (AvgIpc) is 2.70. The molecule has 1 aliphatic heterocycles. The molecule has 1 atom stereocenters. The van der Waals surface area contributed by atoms with Gasteiger partial charge in [-0.2, -0.15) is 0 Å². The standard InChI is InChI=1S/C21H28N4O2.ClH/c1-24-12-14-25(15-13-24)20(17-5-3-2-4-6-17)21(26)23-18-7-9-19(10-8-18)27-16-11-22;/h2-10,20H,11-16,22H2,1H3,(H,23,26);1H. The van der Waals surface area contributed by atoms with Gasteiger partial charge in [0.05, 0.1) is 0 Å². The maximum Gasteiger partial charge on any atom is 0.246 e. The van der Waals surface area contributed by atoms with E-state index >= 15 is 0 Å². The topological polar surface area (TPSA) is 70.8 Å². The van der Waals surface area contributed by atoms with Crippen LogP contribution in [-0.4, -0.2) is 62.1 Å². The lowest BCUT2D eigenvalue weighted by Gasteiger charge is -2.37. The Balaban J connectivity index is 0.00000280. The smallest absolute Gasteiger partial charge is 0.246 e. The molecule has 7 heteroatoms. The number of nitrogens with one attached hydrogen (secondary N) is 1. The Kier molecular flexibility index (Phi) is 8.73. The van der Waals surface area contributed by atoms with E-state index in [0.29, 0.717) is 13.2 Å². The largest absolute Gasteiger partial charge is 0.492 e. The molecule has 1 aliphatic rings. The highest BCUT2D eigenvalue weighted by molar-refractivity contribution is 5.95. The number of carbonyl (C=O) groups excluding carboxylic acids is 1. The number of carbonyl (C=O) groups is 1. The minimum Gasteiger partial charge on any atom is -0.492 e. The monoisotopic (exact) mass is 404 g/mol. The van der Waals surface area contributed by atoms with Crippen LogP contribution in [0.3, 0.4) is 0 Å². The van der Waals surface area contributed by atoms with Gasteiger partial charge >= 0.3 is 0 Å². The van der Waals surface area contributed by atoms with E-state index in [1.165, 1.54) is 0 Å². The Morgan fingerprint density at radius 3 is 2.32 bits per heavy atom. The molecule has 0 bridgehead atoms. The summed E-state index contributed by atoms with van der Waals surface area (Å²) in [5.74, 6) is 0.735. The van der Waals surface area contributed by atoms with Crippen LogP contribution >= 0.6 is 12.4 Å². The van der Waals surface area contributed by atoms with E-state index in [0.717, 1.165) is 43.2 Å².